The number of hydrogen-bond acceptors (Lipinski definition) is 3. The first kappa shape index (κ1) is 7.03. The number of imidazole rings is 1. The van der Waals surface area contributed by atoms with E-state index in [1.54, 1.807) is 11.3 Å². The second-order valence-electron chi connectivity index (χ2n) is 2.96. The molecule has 0 spiro atoms. The van der Waals surface area contributed by atoms with Gasteiger partial charge in [0, 0.05) is 18.1 Å². The van der Waals surface area contributed by atoms with Crippen molar-refractivity contribution >= 4 is 26.6 Å². The number of aromatic nitrogens is 3. The minimum Gasteiger partial charge on any atom is -0.289 e. The third kappa shape index (κ3) is 0.890. The fourth-order valence-electron chi connectivity index (χ4n) is 1.42. The van der Waals surface area contributed by atoms with E-state index >= 15 is 0 Å². The number of rotatable bonds is 0. The number of nitrogens with zero attached hydrogens (tertiary/aromatic N) is 3. The van der Waals surface area contributed by atoms with E-state index in [9.17, 15) is 0 Å². The molecule has 64 valence electrons. The van der Waals surface area contributed by atoms with Crippen LogP contribution in [-0.4, -0.2) is 14.4 Å². The Kier molecular flexibility index (Phi) is 1.24. The molecule has 0 radical (unpaired) electrons. The van der Waals surface area contributed by atoms with Gasteiger partial charge in [-0.05, 0) is 19.1 Å². The van der Waals surface area contributed by atoms with Gasteiger partial charge in [-0.1, -0.05) is 11.3 Å². The van der Waals surface area contributed by atoms with Crippen LogP contribution in [0.5, 0.6) is 0 Å². The summed E-state index contributed by atoms with van der Waals surface area (Å²) in [6.07, 6.45) is 3.77. The largest absolute Gasteiger partial charge is 0.289 e. The van der Waals surface area contributed by atoms with Crippen LogP contribution in [0.25, 0.3) is 15.3 Å². The van der Waals surface area contributed by atoms with Gasteiger partial charge in [0.15, 0.2) is 4.96 Å². The van der Waals surface area contributed by atoms with Crippen molar-refractivity contribution in [2.45, 2.75) is 6.92 Å². The highest BCUT2D eigenvalue weighted by molar-refractivity contribution is 7.23. The van der Waals surface area contributed by atoms with E-state index < -0.39 is 0 Å². The number of pyridine rings is 1. The van der Waals surface area contributed by atoms with E-state index in [1.165, 1.54) is 0 Å². The fraction of sp³-hybridized carbons (Fsp3) is 0.111. The van der Waals surface area contributed by atoms with Crippen molar-refractivity contribution in [3.8, 4) is 0 Å². The molecule has 0 atom stereocenters. The summed E-state index contributed by atoms with van der Waals surface area (Å²) in [6, 6.07) is 4.11. The van der Waals surface area contributed by atoms with E-state index in [1.807, 2.05) is 25.4 Å². The van der Waals surface area contributed by atoms with Crippen molar-refractivity contribution in [3.63, 3.8) is 0 Å². The van der Waals surface area contributed by atoms with Crippen LogP contribution in [0.3, 0.4) is 0 Å². The third-order valence-electron chi connectivity index (χ3n) is 2.03. The summed E-state index contributed by atoms with van der Waals surface area (Å²) in [5.74, 6) is 0. The van der Waals surface area contributed by atoms with Gasteiger partial charge in [-0.25, -0.2) is 9.97 Å². The highest BCUT2D eigenvalue weighted by Crippen LogP contribution is 2.23. The van der Waals surface area contributed by atoms with Crippen molar-refractivity contribution < 1.29 is 0 Å². The summed E-state index contributed by atoms with van der Waals surface area (Å²) < 4.78 is 2.06. The number of hydrogen-bond donors (Lipinski definition) is 0. The Morgan fingerprint density at radius 3 is 3.23 bits per heavy atom. The lowest BCUT2D eigenvalue weighted by Gasteiger charge is -1.91. The molecule has 0 saturated heterocycles. The molecule has 13 heavy (non-hydrogen) atoms. The second kappa shape index (κ2) is 2.29. The topological polar surface area (TPSA) is 30.2 Å². The van der Waals surface area contributed by atoms with Crippen LogP contribution in [0.4, 0.5) is 0 Å². The quantitative estimate of drug-likeness (QED) is 0.543. The van der Waals surface area contributed by atoms with Crippen LogP contribution in [0.1, 0.15) is 5.69 Å². The molecular formula is C9H7N3S. The van der Waals surface area contributed by atoms with Crippen molar-refractivity contribution in [2.75, 3.05) is 0 Å². The summed E-state index contributed by atoms with van der Waals surface area (Å²) in [7, 11) is 0. The average molecular weight is 189 g/mol. The van der Waals surface area contributed by atoms with Gasteiger partial charge in [-0.2, -0.15) is 0 Å². The molecule has 0 aliphatic heterocycles. The standard InChI is InChI=1S/C9H7N3S/c1-6-2-3-7-8(11-6)13-9-10-4-5-12(7)9/h2-5H,1H3. The van der Waals surface area contributed by atoms with E-state index in [-0.39, 0.29) is 0 Å². The van der Waals surface area contributed by atoms with E-state index in [0.717, 1.165) is 21.0 Å². The second-order valence-corrected chi connectivity index (χ2v) is 3.91. The molecule has 0 amide bonds. The van der Waals surface area contributed by atoms with Crippen molar-refractivity contribution in [2.24, 2.45) is 0 Å². The molecule has 3 rings (SSSR count). The van der Waals surface area contributed by atoms with Crippen LogP contribution in [-0.2, 0) is 0 Å². The Hall–Kier alpha value is -1.42. The number of thiazole rings is 1. The maximum atomic E-state index is 4.44. The van der Waals surface area contributed by atoms with Crippen LogP contribution in [0.2, 0.25) is 0 Å². The molecule has 0 fully saturated rings. The molecule has 3 aromatic rings. The van der Waals surface area contributed by atoms with Gasteiger partial charge in [0.25, 0.3) is 0 Å². The minimum absolute atomic E-state index is 1.01. The van der Waals surface area contributed by atoms with Crippen molar-refractivity contribution in [3.05, 3.63) is 30.2 Å². The Bertz CT molecular complexity index is 579. The molecule has 3 aromatic heterocycles. The molecule has 3 heterocycles. The molecule has 0 saturated carbocycles. The van der Waals surface area contributed by atoms with Crippen LogP contribution >= 0.6 is 11.3 Å². The zero-order valence-electron chi connectivity index (χ0n) is 7.06. The molecular weight excluding hydrogens is 182 g/mol. The normalized spacial score (nSPS) is 11.5. The first-order valence-corrected chi connectivity index (χ1v) is 4.85. The Balaban J connectivity index is 2.59. The lowest BCUT2D eigenvalue weighted by atomic mass is 10.4. The smallest absolute Gasteiger partial charge is 0.196 e. The molecule has 3 nitrogen and oxygen atoms in total. The van der Waals surface area contributed by atoms with Crippen molar-refractivity contribution in [1.82, 2.24) is 14.4 Å². The first-order chi connectivity index (χ1) is 6.34. The molecule has 0 aliphatic carbocycles. The zero-order chi connectivity index (χ0) is 8.84. The summed E-state index contributed by atoms with van der Waals surface area (Å²) >= 11 is 1.62. The molecule has 0 aromatic carbocycles. The maximum Gasteiger partial charge on any atom is 0.196 e. The summed E-state index contributed by atoms with van der Waals surface area (Å²) in [4.78, 5) is 10.7. The number of aryl methyl sites for hydroxylation is 1. The van der Waals surface area contributed by atoms with Gasteiger partial charge in [0.1, 0.15) is 4.83 Å². The van der Waals surface area contributed by atoms with E-state index in [2.05, 4.69) is 20.4 Å². The molecule has 0 N–H and O–H groups in total. The summed E-state index contributed by atoms with van der Waals surface area (Å²) in [5.41, 5.74) is 2.19. The van der Waals surface area contributed by atoms with E-state index in [4.69, 9.17) is 0 Å². The fourth-order valence-corrected chi connectivity index (χ4v) is 2.42. The lowest BCUT2D eigenvalue weighted by Crippen LogP contribution is -1.81. The number of fused-ring (bicyclic) bond motifs is 3. The van der Waals surface area contributed by atoms with Gasteiger partial charge in [-0.15, -0.1) is 0 Å². The predicted molar refractivity (Wildman–Crippen MR) is 53.1 cm³/mol. The van der Waals surface area contributed by atoms with Gasteiger partial charge >= 0.3 is 0 Å². The monoisotopic (exact) mass is 189 g/mol. The summed E-state index contributed by atoms with van der Waals surface area (Å²) in [5, 5.41) is 0. The highest BCUT2D eigenvalue weighted by atomic mass is 32.1. The van der Waals surface area contributed by atoms with Crippen LogP contribution in [0, 0.1) is 6.92 Å². The molecule has 0 bridgehead atoms. The van der Waals surface area contributed by atoms with E-state index in [0.29, 0.717) is 0 Å². The minimum atomic E-state index is 1.01. The maximum absolute atomic E-state index is 4.44. The lowest BCUT2D eigenvalue weighted by molar-refractivity contribution is 1.23. The van der Waals surface area contributed by atoms with Crippen LogP contribution in [0.15, 0.2) is 24.5 Å². The molecule has 0 unspecified atom stereocenters. The zero-order valence-corrected chi connectivity index (χ0v) is 7.88. The molecule has 0 aliphatic rings. The molecule has 4 heteroatoms. The highest BCUT2D eigenvalue weighted by Gasteiger charge is 2.04. The predicted octanol–water partition coefficient (Wildman–Crippen LogP) is 2.25. The van der Waals surface area contributed by atoms with Crippen molar-refractivity contribution in [1.29, 1.82) is 0 Å². The van der Waals surface area contributed by atoms with Crippen LogP contribution < -0.4 is 0 Å². The Morgan fingerprint density at radius 1 is 1.38 bits per heavy atom. The van der Waals surface area contributed by atoms with Gasteiger partial charge < -0.3 is 0 Å². The van der Waals surface area contributed by atoms with Gasteiger partial charge in [0.2, 0.25) is 0 Å². The van der Waals surface area contributed by atoms with Gasteiger partial charge in [-0.3, -0.25) is 4.40 Å². The van der Waals surface area contributed by atoms with Gasteiger partial charge in [0.05, 0.1) is 5.52 Å². The Morgan fingerprint density at radius 2 is 2.31 bits per heavy atom. The Labute approximate surface area is 78.7 Å². The summed E-state index contributed by atoms with van der Waals surface area (Å²) in [6.45, 7) is 2.00. The first-order valence-electron chi connectivity index (χ1n) is 4.04. The average Bonchev–Trinajstić information content (AvgIpc) is 2.62. The third-order valence-corrected chi connectivity index (χ3v) is 3.01. The SMILES string of the molecule is Cc1ccc2c(n1)sc1nccn12.